The van der Waals surface area contributed by atoms with E-state index in [0.29, 0.717) is 19.1 Å². The Balaban J connectivity index is 2.07. The lowest BCUT2D eigenvalue weighted by Crippen LogP contribution is -2.41. The van der Waals surface area contributed by atoms with Crippen LogP contribution < -0.4 is 15.4 Å². The first-order valence-electron chi connectivity index (χ1n) is 8.55. The molecular formula is C15H33N5O2S. The smallest absolute Gasteiger partial charge is 0.208 e. The van der Waals surface area contributed by atoms with Gasteiger partial charge in [-0.3, -0.25) is 4.99 Å². The van der Waals surface area contributed by atoms with E-state index < -0.39 is 10.0 Å². The average Bonchev–Trinajstić information content (AvgIpc) is 2.49. The third-order valence-corrected chi connectivity index (χ3v) is 4.82. The van der Waals surface area contributed by atoms with E-state index in [1.807, 2.05) is 0 Å². The van der Waals surface area contributed by atoms with Crippen molar-refractivity contribution in [2.24, 2.45) is 4.99 Å². The van der Waals surface area contributed by atoms with E-state index in [1.165, 1.54) is 32.1 Å². The van der Waals surface area contributed by atoms with Crippen molar-refractivity contribution in [2.45, 2.75) is 45.1 Å². The van der Waals surface area contributed by atoms with Crippen molar-refractivity contribution in [1.29, 1.82) is 0 Å². The van der Waals surface area contributed by atoms with Crippen LogP contribution in [-0.4, -0.2) is 71.3 Å². The van der Waals surface area contributed by atoms with Gasteiger partial charge in [-0.25, -0.2) is 13.1 Å². The van der Waals surface area contributed by atoms with E-state index in [2.05, 4.69) is 32.2 Å². The van der Waals surface area contributed by atoms with Gasteiger partial charge in [-0.2, -0.15) is 0 Å². The SMILES string of the molecule is CN=C(NCCCNS(C)(=O)=O)NCCCN1CCCCC1C. The Hall–Kier alpha value is -0.860. The maximum atomic E-state index is 10.9. The van der Waals surface area contributed by atoms with Crippen LogP contribution >= 0.6 is 0 Å². The summed E-state index contributed by atoms with van der Waals surface area (Å²) in [6.07, 6.45) is 6.99. The zero-order valence-corrected chi connectivity index (χ0v) is 15.6. The van der Waals surface area contributed by atoms with Crippen molar-refractivity contribution in [3.63, 3.8) is 0 Å². The maximum Gasteiger partial charge on any atom is 0.208 e. The summed E-state index contributed by atoms with van der Waals surface area (Å²) in [6.45, 7) is 6.69. The molecule has 8 heteroatoms. The zero-order valence-electron chi connectivity index (χ0n) is 14.8. The highest BCUT2D eigenvalue weighted by Crippen LogP contribution is 2.15. The summed E-state index contributed by atoms with van der Waals surface area (Å²) < 4.78 is 24.4. The Morgan fingerprint density at radius 3 is 2.48 bits per heavy atom. The molecule has 1 rings (SSSR count). The Bertz CT molecular complexity index is 453. The summed E-state index contributed by atoms with van der Waals surface area (Å²) in [5.41, 5.74) is 0. The normalized spacial score (nSPS) is 20.5. The molecule has 23 heavy (non-hydrogen) atoms. The van der Waals surface area contributed by atoms with Crippen LogP contribution in [0.1, 0.15) is 39.0 Å². The van der Waals surface area contributed by atoms with E-state index in [0.717, 1.165) is 31.9 Å². The third kappa shape index (κ3) is 9.78. The number of hydrogen-bond acceptors (Lipinski definition) is 4. The Labute approximate surface area is 141 Å². The second-order valence-corrected chi connectivity index (χ2v) is 8.01. The summed E-state index contributed by atoms with van der Waals surface area (Å²) in [6, 6.07) is 0.712. The second kappa shape index (κ2) is 10.8. The number of hydrogen-bond donors (Lipinski definition) is 3. The van der Waals surface area contributed by atoms with Crippen LogP contribution in [0.4, 0.5) is 0 Å². The molecule has 1 fully saturated rings. The first-order valence-corrected chi connectivity index (χ1v) is 10.4. The molecule has 1 atom stereocenters. The predicted octanol–water partition coefficient (Wildman–Crippen LogP) is 0.355. The third-order valence-electron chi connectivity index (χ3n) is 4.09. The molecule has 7 nitrogen and oxygen atoms in total. The van der Waals surface area contributed by atoms with E-state index >= 15 is 0 Å². The zero-order chi connectivity index (χ0) is 17.1. The van der Waals surface area contributed by atoms with Crippen LogP contribution in [0.15, 0.2) is 4.99 Å². The highest BCUT2D eigenvalue weighted by atomic mass is 32.2. The van der Waals surface area contributed by atoms with Crippen LogP contribution in [0.2, 0.25) is 0 Å². The minimum atomic E-state index is -3.09. The fourth-order valence-corrected chi connectivity index (χ4v) is 3.27. The van der Waals surface area contributed by atoms with E-state index in [1.54, 1.807) is 7.05 Å². The van der Waals surface area contributed by atoms with Crippen LogP contribution in [0.3, 0.4) is 0 Å². The van der Waals surface area contributed by atoms with Crippen molar-refractivity contribution in [3.05, 3.63) is 0 Å². The minimum absolute atomic E-state index is 0.440. The van der Waals surface area contributed by atoms with Crippen LogP contribution in [0.25, 0.3) is 0 Å². The number of aliphatic imine (C=N–C) groups is 1. The molecule has 136 valence electrons. The van der Waals surface area contributed by atoms with Crippen molar-refractivity contribution in [1.82, 2.24) is 20.3 Å². The fraction of sp³-hybridized carbons (Fsp3) is 0.933. The summed E-state index contributed by atoms with van der Waals surface area (Å²) in [7, 11) is -1.34. The van der Waals surface area contributed by atoms with Gasteiger partial charge in [0.05, 0.1) is 6.26 Å². The molecule has 0 amide bonds. The van der Waals surface area contributed by atoms with Crippen LogP contribution in [0, 0.1) is 0 Å². The van der Waals surface area contributed by atoms with Gasteiger partial charge in [0.1, 0.15) is 0 Å². The molecule has 1 aliphatic rings. The molecule has 1 heterocycles. The average molecular weight is 348 g/mol. The quantitative estimate of drug-likeness (QED) is 0.318. The molecule has 0 saturated carbocycles. The number of nitrogens with one attached hydrogen (secondary N) is 3. The molecule has 0 aromatic rings. The summed E-state index contributed by atoms with van der Waals surface area (Å²) in [5, 5.41) is 6.50. The van der Waals surface area contributed by atoms with Gasteiger partial charge >= 0.3 is 0 Å². The monoisotopic (exact) mass is 347 g/mol. The summed E-state index contributed by atoms with van der Waals surface area (Å²) in [4.78, 5) is 6.74. The number of rotatable bonds is 9. The molecule has 0 aromatic heterocycles. The Kier molecular flexibility index (Phi) is 9.50. The topological polar surface area (TPSA) is 85.8 Å². The van der Waals surface area contributed by atoms with E-state index in [9.17, 15) is 8.42 Å². The molecule has 0 bridgehead atoms. The molecule has 1 saturated heterocycles. The number of guanidine groups is 1. The standard InChI is InChI=1S/C15H33N5O2S/c1-14-8-4-5-12-20(14)13-7-10-18-15(16-2)17-9-6-11-19-23(3,21)22/h14,19H,4-13H2,1-3H3,(H2,16,17,18). The molecular weight excluding hydrogens is 314 g/mol. The maximum absolute atomic E-state index is 10.9. The highest BCUT2D eigenvalue weighted by molar-refractivity contribution is 7.88. The highest BCUT2D eigenvalue weighted by Gasteiger charge is 2.16. The molecule has 0 aromatic carbocycles. The second-order valence-electron chi connectivity index (χ2n) is 6.18. The van der Waals surface area contributed by atoms with E-state index in [4.69, 9.17) is 0 Å². The fourth-order valence-electron chi connectivity index (χ4n) is 2.75. The van der Waals surface area contributed by atoms with Gasteiger partial charge < -0.3 is 15.5 Å². The number of piperidine rings is 1. The van der Waals surface area contributed by atoms with E-state index in [-0.39, 0.29) is 0 Å². The van der Waals surface area contributed by atoms with Crippen molar-refractivity contribution in [2.75, 3.05) is 46.0 Å². The summed E-state index contributed by atoms with van der Waals surface area (Å²) >= 11 is 0. The molecule has 0 aliphatic carbocycles. The molecule has 1 aliphatic heterocycles. The lowest BCUT2D eigenvalue weighted by molar-refractivity contribution is 0.159. The van der Waals surface area contributed by atoms with Gasteiger partial charge in [-0.1, -0.05) is 6.42 Å². The molecule has 0 spiro atoms. The lowest BCUT2D eigenvalue weighted by Gasteiger charge is -2.33. The van der Waals surface area contributed by atoms with Gasteiger partial charge in [-0.05, 0) is 39.2 Å². The van der Waals surface area contributed by atoms with Crippen molar-refractivity contribution in [3.8, 4) is 0 Å². The first-order chi connectivity index (χ1) is 10.9. The summed E-state index contributed by atoms with van der Waals surface area (Å²) in [5.74, 6) is 0.774. The van der Waals surface area contributed by atoms with Crippen molar-refractivity contribution >= 4 is 16.0 Å². The number of likely N-dealkylation sites (tertiary alicyclic amines) is 1. The number of sulfonamides is 1. The predicted molar refractivity (Wildman–Crippen MR) is 96.3 cm³/mol. The largest absolute Gasteiger partial charge is 0.356 e. The van der Waals surface area contributed by atoms with Gasteiger partial charge in [-0.15, -0.1) is 0 Å². The molecule has 3 N–H and O–H groups in total. The molecule has 1 unspecified atom stereocenters. The number of nitrogens with zero attached hydrogens (tertiary/aromatic N) is 2. The van der Waals surface area contributed by atoms with Gasteiger partial charge in [0, 0.05) is 39.3 Å². The first kappa shape index (κ1) is 20.2. The minimum Gasteiger partial charge on any atom is -0.356 e. The van der Waals surface area contributed by atoms with Gasteiger partial charge in [0.25, 0.3) is 0 Å². The van der Waals surface area contributed by atoms with Crippen molar-refractivity contribution < 1.29 is 8.42 Å². The van der Waals surface area contributed by atoms with Gasteiger partial charge in [0.15, 0.2) is 5.96 Å². The Morgan fingerprint density at radius 2 is 1.87 bits per heavy atom. The molecule has 0 radical (unpaired) electrons. The van der Waals surface area contributed by atoms with Gasteiger partial charge in [0.2, 0.25) is 10.0 Å². The lowest BCUT2D eigenvalue weighted by atomic mass is 10.0. The van der Waals surface area contributed by atoms with Crippen LogP contribution in [0.5, 0.6) is 0 Å². The van der Waals surface area contributed by atoms with Crippen LogP contribution in [-0.2, 0) is 10.0 Å². The Morgan fingerprint density at radius 1 is 1.17 bits per heavy atom.